The maximum absolute atomic E-state index is 5.55. The summed E-state index contributed by atoms with van der Waals surface area (Å²) in [4.78, 5) is 0. The predicted molar refractivity (Wildman–Crippen MR) is 29.1 cm³/mol. The molecule has 0 amide bonds. The van der Waals surface area contributed by atoms with Gasteiger partial charge in [0.05, 0.1) is 17.9 Å². The normalized spacial score (nSPS) is 20.4. The van der Waals surface area contributed by atoms with E-state index in [2.05, 4.69) is 0 Å². The Morgan fingerprint density at radius 1 is 1.71 bits per heavy atom. The van der Waals surface area contributed by atoms with Crippen LogP contribution in [0.3, 0.4) is 0 Å². The Kier molecular flexibility index (Phi) is 1.58. The van der Waals surface area contributed by atoms with Crippen molar-refractivity contribution >= 4 is 11.6 Å². The molecule has 1 aliphatic heterocycles. The summed E-state index contributed by atoms with van der Waals surface area (Å²) in [5.41, 5.74) is 0. The molecular formula is C5H7ClO. The van der Waals surface area contributed by atoms with Crippen LogP contribution in [0.25, 0.3) is 0 Å². The summed E-state index contributed by atoms with van der Waals surface area (Å²) in [6.07, 6.45) is 3.67. The molecule has 0 atom stereocenters. The van der Waals surface area contributed by atoms with Crippen LogP contribution in [0.2, 0.25) is 0 Å². The second kappa shape index (κ2) is 2.22. The Morgan fingerprint density at radius 3 is 2.86 bits per heavy atom. The zero-order valence-corrected chi connectivity index (χ0v) is 4.74. The lowest BCUT2D eigenvalue weighted by molar-refractivity contribution is 0.229. The quantitative estimate of drug-likeness (QED) is 0.472. The second-order valence-electron chi connectivity index (χ2n) is 1.54. The van der Waals surface area contributed by atoms with Crippen molar-refractivity contribution in [3.8, 4) is 0 Å². The lowest BCUT2D eigenvalue weighted by Gasteiger charge is -2.06. The molecule has 1 nitrogen and oxygen atoms in total. The Bertz CT molecular complexity index is 88.1. The van der Waals surface area contributed by atoms with E-state index in [4.69, 9.17) is 16.3 Å². The molecule has 0 saturated carbocycles. The van der Waals surface area contributed by atoms with Crippen LogP contribution in [0.4, 0.5) is 0 Å². The maximum Gasteiger partial charge on any atom is 0.0973 e. The first-order chi connectivity index (χ1) is 3.39. The van der Waals surface area contributed by atoms with Gasteiger partial charge in [0.15, 0.2) is 0 Å². The van der Waals surface area contributed by atoms with E-state index < -0.39 is 0 Å². The molecule has 7 heavy (non-hydrogen) atoms. The third kappa shape index (κ3) is 1.39. The minimum absolute atomic E-state index is 0.830. The van der Waals surface area contributed by atoms with Crippen LogP contribution in [0.5, 0.6) is 0 Å². The number of halogens is 1. The number of rotatable bonds is 0. The fourth-order valence-electron chi connectivity index (χ4n) is 0.533. The van der Waals surface area contributed by atoms with Gasteiger partial charge in [-0.3, -0.25) is 0 Å². The van der Waals surface area contributed by atoms with Crippen molar-refractivity contribution in [2.45, 2.75) is 12.8 Å². The van der Waals surface area contributed by atoms with Gasteiger partial charge in [-0.2, -0.15) is 0 Å². The summed E-state index contributed by atoms with van der Waals surface area (Å²) in [5.74, 6) is 0. The molecule has 0 aromatic heterocycles. The SMILES string of the molecule is ClC1=COCCC1. The number of allylic oxidation sites excluding steroid dienone is 1. The van der Waals surface area contributed by atoms with Gasteiger partial charge < -0.3 is 4.74 Å². The van der Waals surface area contributed by atoms with Crippen molar-refractivity contribution in [2.24, 2.45) is 0 Å². The van der Waals surface area contributed by atoms with E-state index in [0.717, 1.165) is 24.5 Å². The van der Waals surface area contributed by atoms with E-state index in [1.54, 1.807) is 6.26 Å². The average molecular weight is 119 g/mol. The van der Waals surface area contributed by atoms with Crippen LogP contribution in [-0.2, 0) is 4.74 Å². The molecule has 1 rings (SSSR count). The number of hydrogen-bond acceptors (Lipinski definition) is 1. The molecule has 0 unspecified atom stereocenters. The molecule has 0 aliphatic carbocycles. The van der Waals surface area contributed by atoms with E-state index in [0.29, 0.717) is 0 Å². The Hall–Kier alpha value is -0.170. The maximum atomic E-state index is 5.55. The predicted octanol–water partition coefficient (Wildman–Crippen LogP) is 1.88. The first-order valence-electron chi connectivity index (χ1n) is 2.36. The standard InChI is InChI=1S/C5H7ClO/c6-5-2-1-3-7-4-5/h4H,1-3H2. The molecule has 1 heterocycles. The van der Waals surface area contributed by atoms with Gasteiger partial charge in [0.2, 0.25) is 0 Å². The van der Waals surface area contributed by atoms with Gasteiger partial charge in [-0.25, -0.2) is 0 Å². The van der Waals surface area contributed by atoms with Crippen molar-refractivity contribution in [3.63, 3.8) is 0 Å². The summed E-state index contributed by atoms with van der Waals surface area (Å²) >= 11 is 5.55. The van der Waals surface area contributed by atoms with Gasteiger partial charge in [-0.15, -0.1) is 0 Å². The van der Waals surface area contributed by atoms with Gasteiger partial charge in [0.1, 0.15) is 0 Å². The smallest absolute Gasteiger partial charge is 0.0973 e. The molecule has 0 bridgehead atoms. The molecule has 0 aromatic carbocycles. The second-order valence-corrected chi connectivity index (χ2v) is 2.02. The Labute approximate surface area is 47.9 Å². The molecule has 0 fully saturated rings. The molecule has 0 saturated heterocycles. The molecule has 40 valence electrons. The highest BCUT2D eigenvalue weighted by atomic mass is 35.5. The molecule has 0 aromatic rings. The van der Waals surface area contributed by atoms with Crippen LogP contribution in [0.15, 0.2) is 11.3 Å². The topological polar surface area (TPSA) is 9.23 Å². The van der Waals surface area contributed by atoms with Crippen LogP contribution >= 0.6 is 11.6 Å². The zero-order valence-electron chi connectivity index (χ0n) is 3.98. The van der Waals surface area contributed by atoms with E-state index in [-0.39, 0.29) is 0 Å². The van der Waals surface area contributed by atoms with Crippen LogP contribution in [-0.4, -0.2) is 6.61 Å². The van der Waals surface area contributed by atoms with Crippen LogP contribution in [0, 0.1) is 0 Å². The van der Waals surface area contributed by atoms with Crippen molar-refractivity contribution in [1.82, 2.24) is 0 Å². The highest BCUT2D eigenvalue weighted by molar-refractivity contribution is 6.29. The highest BCUT2D eigenvalue weighted by Crippen LogP contribution is 2.14. The monoisotopic (exact) mass is 118 g/mol. The third-order valence-corrected chi connectivity index (χ3v) is 1.17. The molecule has 0 N–H and O–H groups in total. The first kappa shape index (κ1) is 4.98. The minimum atomic E-state index is 0.830. The van der Waals surface area contributed by atoms with E-state index in [1.807, 2.05) is 0 Å². The number of hydrogen-bond donors (Lipinski definition) is 0. The van der Waals surface area contributed by atoms with Crippen molar-refractivity contribution in [2.75, 3.05) is 6.61 Å². The fourth-order valence-corrected chi connectivity index (χ4v) is 0.729. The van der Waals surface area contributed by atoms with Gasteiger partial charge in [-0.05, 0) is 12.8 Å². The highest BCUT2D eigenvalue weighted by Gasteiger charge is 1.97. The molecule has 1 aliphatic rings. The number of ether oxygens (including phenoxy) is 1. The largest absolute Gasteiger partial charge is 0.500 e. The molecule has 0 radical (unpaired) electrons. The van der Waals surface area contributed by atoms with Gasteiger partial charge in [-0.1, -0.05) is 11.6 Å². The summed E-state index contributed by atoms with van der Waals surface area (Å²) in [7, 11) is 0. The Balaban J connectivity index is 2.40. The molecule has 2 heteroatoms. The lowest BCUT2D eigenvalue weighted by atomic mass is 10.3. The molecular weight excluding hydrogens is 112 g/mol. The van der Waals surface area contributed by atoms with E-state index in [1.165, 1.54) is 0 Å². The Morgan fingerprint density at radius 2 is 2.57 bits per heavy atom. The van der Waals surface area contributed by atoms with Gasteiger partial charge in [0.25, 0.3) is 0 Å². The minimum Gasteiger partial charge on any atom is -0.500 e. The van der Waals surface area contributed by atoms with E-state index in [9.17, 15) is 0 Å². The summed E-state index contributed by atoms with van der Waals surface area (Å²) in [6.45, 7) is 0.830. The summed E-state index contributed by atoms with van der Waals surface area (Å²) in [6, 6.07) is 0. The third-order valence-electron chi connectivity index (χ3n) is 0.889. The summed E-state index contributed by atoms with van der Waals surface area (Å²) in [5, 5.41) is 0.839. The lowest BCUT2D eigenvalue weighted by Crippen LogP contribution is -1.93. The van der Waals surface area contributed by atoms with Crippen LogP contribution in [0.1, 0.15) is 12.8 Å². The van der Waals surface area contributed by atoms with Crippen molar-refractivity contribution in [3.05, 3.63) is 11.3 Å². The molecule has 0 spiro atoms. The average Bonchev–Trinajstić information content (AvgIpc) is 1.69. The summed E-state index contributed by atoms with van der Waals surface area (Å²) < 4.78 is 4.89. The zero-order chi connectivity index (χ0) is 5.11. The van der Waals surface area contributed by atoms with E-state index >= 15 is 0 Å². The van der Waals surface area contributed by atoms with Gasteiger partial charge >= 0.3 is 0 Å². The van der Waals surface area contributed by atoms with Gasteiger partial charge in [0, 0.05) is 0 Å². The first-order valence-corrected chi connectivity index (χ1v) is 2.73. The van der Waals surface area contributed by atoms with Crippen molar-refractivity contribution in [1.29, 1.82) is 0 Å². The fraction of sp³-hybridized carbons (Fsp3) is 0.600. The van der Waals surface area contributed by atoms with Crippen molar-refractivity contribution < 1.29 is 4.74 Å². The van der Waals surface area contributed by atoms with Crippen LogP contribution < -0.4 is 0 Å².